The number of sulfonamides is 1. The molecule has 0 aliphatic rings. The lowest BCUT2D eigenvalue weighted by molar-refractivity contribution is -0.119. The summed E-state index contributed by atoms with van der Waals surface area (Å²) >= 11 is 1.75. The Hall–Kier alpha value is -1.21. The van der Waals surface area contributed by atoms with Crippen molar-refractivity contribution in [2.45, 2.75) is 39.4 Å². The molecule has 0 heterocycles. The second-order valence-electron chi connectivity index (χ2n) is 6.80. The fourth-order valence-corrected chi connectivity index (χ4v) is 3.84. The van der Waals surface area contributed by atoms with Gasteiger partial charge in [-0.05, 0) is 31.0 Å². The number of aryl methyl sites for hydroxylation is 1. The largest absolute Gasteiger partial charge is 0.354 e. The molecule has 0 aliphatic heterocycles. The van der Waals surface area contributed by atoms with Crippen LogP contribution in [0.4, 0.5) is 5.69 Å². The summed E-state index contributed by atoms with van der Waals surface area (Å²) in [6.07, 6.45) is 1.12. The predicted molar refractivity (Wildman–Crippen MR) is 103 cm³/mol. The highest BCUT2D eigenvalue weighted by molar-refractivity contribution is 8.00. The number of hydrogen-bond acceptors (Lipinski definition) is 4. The van der Waals surface area contributed by atoms with Crippen LogP contribution in [-0.2, 0) is 14.8 Å². The van der Waals surface area contributed by atoms with E-state index in [1.165, 1.54) is 4.31 Å². The molecule has 1 aromatic carbocycles. The van der Waals surface area contributed by atoms with Gasteiger partial charge in [-0.2, -0.15) is 11.8 Å². The number of thioether (sulfide) groups is 1. The van der Waals surface area contributed by atoms with E-state index in [2.05, 4.69) is 26.1 Å². The van der Waals surface area contributed by atoms with Crippen molar-refractivity contribution in [1.82, 2.24) is 5.32 Å². The number of amides is 1. The third-order valence-electron chi connectivity index (χ3n) is 3.49. The van der Waals surface area contributed by atoms with Crippen molar-refractivity contribution in [2.24, 2.45) is 0 Å². The summed E-state index contributed by atoms with van der Waals surface area (Å²) in [4.78, 5) is 12.2. The van der Waals surface area contributed by atoms with E-state index in [0.717, 1.165) is 23.1 Å². The number of benzene rings is 1. The fourth-order valence-electron chi connectivity index (χ4n) is 2.12. The molecular formula is C17H28N2O3S2. The Morgan fingerprint density at radius 3 is 2.42 bits per heavy atom. The molecule has 0 spiro atoms. The Morgan fingerprint density at radius 1 is 1.25 bits per heavy atom. The topological polar surface area (TPSA) is 66.5 Å². The van der Waals surface area contributed by atoms with E-state index in [9.17, 15) is 13.2 Å². The van der Waals surface area contributed by atoms with Gasteiger partial charge >= 0.3 is 0 Å². The molecule has 24 heavy (non-hydrogen) atoms. The number of hydrogen-bond donors (Lipinski definition) is 1. The minimum atomic E-state index is -3.54. The van der Waals surface area contributed by atoms with Gasteiger partial charge in [0.2, 0.25) is 15.9 Å². The van der Waals surface area contributed by atoms with E-state index in [0.29, 0.717) is 12.2 Å². The summed E-state index contributed by atoms with van der Waals surface area (Å²) in [6, 6.07) is 5.45. The average Bonchev–Trinajstić information content (AvgIpc) is 2.42. The lowest BCUT2D eigenvalue weighted by Gasteiger charge is -2.24. The lowest BCUT2D eigenvalue weighted by atomic mass is 10.1. The second-order valence-corrected chi connectivity index (χ2v) is 10.6. The van der Waals surface area contributed by atoms with Crippen LogP contribution in [0, 0.1) is 13.8 Å². The van der Waals surface area contributed by atoms with Gasteiger partial charge in [-0.3, -0.25) is 9.10 Å². The molecule has 0 fully saturated rings. The third kappa shape index (κ3) is 6.73. The van der Waals surface area contributed by atoms with Crippen LogP contribution >= 0.6 is 11.8 Å². The van der Waals surface area contributed by atoms with E-state index in [4.69, 9.17) is 0 Å². The van der Waals surface area contributed by atoms with Gasteiger partial charge in [0, 0.05) is 17.0 Å². The van der Waals surface area contributed by atoms with Crippen molar-refractivity contribution >= 4 is 33.4 Å². The van der Waals surface area contributed by atoms with E-state index in [-0.39, 0.29) is 17.2 Å². The summed E-state index contributed by atoms with van der Waals surface area (Å²) in [5.74, 6) is 0.494. The zero-order chi connectivity index (χ0) is 18.5. The molecule has 5 nitrogen and oxygen atoms in total. The Bertz CT molecular complexity index is 680. The molecule has 1 amide bonds. The van der Waals surface area contributed by atoms with Crippen LogP contribution in [-0.4, -0.2) is 44.2 Å². The Kier molecular flexibility index (Phi) is 7.16. The fraction of sp³-hybridized carbons (Fsp3) is 0.588. The van der Waals surface area contributed by atoms with Crippen molar-refractivity contribution in [2.75, 3.05) is 29.4 Å². The monoisotopic (exact) mass is 372 g/mol. The number of nitrogens with zero attached hydrogens (tertiary/aromatic N) is 1. The summed E-state index contributed by atoms with van der Waals surface area (Å²) in [5.41, 5.74) is 2.40. The van der Waals surface area contributed by atoms with Crippen LogP contribution in [0.1, 0.15) is 31.9 Å². The molecule has 0 radical (unpaired) electrons. The van der Waals surface area contributed by atoms with Crippen molar-refractivity contribution in [3.63, 3.8) is 0 Å². The zero-order valence-electron chi connectivity index (χ0n) is 15.3. The van der Waals surface area contributed by atoms with Crippen LogP contribution in [0.15, 0.2) is 18.2 Å². The van der Waals surface area contributed by atoms with Gasteiger partial charge in [0.1, 0.15) is 6.54 Å². The van der Waals surface area contributed by atoms with E-state index < -0.39 is 10.0 Å². The van der Waals surface area contributed by atoms with Gasteiger partial charge in [0.05, 0.1) is 11.9 Å². The number of anilines is 1. The molecular weight excluding hydrogens is 344 g/mol. The SMILES string of the molecule is Cc1cccc(N(CC(=O)NCCSC(C)(C)C)S(C)(=O)=O)c1C. The molecule has 0 atom stereocenters. The Labute approximate surface area is 150 Å². The molecule has 1 rings (SSSR count). The summed E-state index contributed by atoms with van der Waals surface area (Å²) in [6.45, 7) is 10.4. The van der Waals surface area contributed by atoms with Crippen molar-refractivity contribution in [3.05, 3.63) is 29.3 Å². The molecule has 0 bridgehead atoms. The van der Waals surface area contributed by atoms with Gasteiger partial charge in [-0.15, -0.1) is 0 Å². The molecule has 0 aliphatic carbocycles. The number of carbonyl (C=O) groups is 1. The van der Waals surface area contributed by atoms with E-state index >= 15 is 0 Å². The maximum Gasteiger partial charge on any atom is 0.240 e. The molecule has 136 valence electrons. The van der Waals surface area contributed by atoms with Crippen LogP contribution in [0.2, 0.25) is 0 Å². The molecule has 1 aromatic rings. The first-order chi connectivity index (χ1) is 10.9. The van der Waals surface area contributed by atoms with Crippen LogP contribution < -0.4 is 9.62 Å². The van der Waals surface area contributed by atoms with Crippen molar-refractivity contribution < 1.29 is 13.2 Å². The third-order valence-corrected chi connectivity index (χ3v) is 5.89. The normalized spacial score (nSPS) is 12.1. The van der Waals surface area contributed by atoms with Crippen LogP contribution in [0.5, 0.6) is 0 Å². The quantitative estimate of drug-likeness (QED) is 0.748. The minimum Gasteiger partial charge on any atom is -0.354 e. The molecule has 0 unspecified atom stereocenters. The minimum absolute atomic E-state index is 0.141. The van der Waals surface area contributed by atoms with Gasteiger partial charge in [-0.25, -0.2) is 8.42 Å². The summed E-state index contributed by atoms with van der Waals surface area (Å²) < 4.78 is 25.6. The summed E-state index contributed by atoms with van der Waals surface area (Å²) in [5, 5.41) is 2.80. The molecule has 0 saturated carbocycles. The highest BCUT2D eigenvalue weighted by atomic mass is 32.2. The highest BCUT2D eigenvalue weighted by Crippen LogP contribution is 2.25. The van der Waals surface area contributed by atoms with Crippen molar-refractivity contribution in [3.8, 4) is 0 Å². The maximum atomic E-state index is 12.2. The Morgan fingerprint density at radius 2 is 1.88 bits per heavy atom. The molecule has 7 heteroatoms. The average molecular weight is 373 g/mol. The van der Waals surface area contributed by atoms with Gasteiger partial charge < -0.3 is 5.32 Å². The van der Waals surface area contributed by atoms with Crippen molar-refractivity contribution in [1.29, 1.82) is 0 Å². The standard InChI is InChI=1S/C17H28N2O3S2/c1-13-8-7-9-15(14(13)2)19(24(6,21)22)12-16(20)18-10-11-23-17(3,4)5/h7-9H,10-12H2,1-6H3,(H,18,20). The van der Waals surface area contributed by atoms with Gasteiger partial charge in [0.25, 0.3) is 0 Å². The lowest BCUT2D eigenvalue weighted by Crippen LogP contribution is -2.41. The number of nitrogens with one attached hydrogen (secondary N) is 1. The van der Waals surface area contributed by atoms with Gasteiger partial charge in [0.15, 0.2) is 0 Å². The molecule has 0 aromatic heterocycles. The Balaban J connectivity index is 2.78. The molecule has 1 N–H and O–H groups in total. The van der Waals surface area contributed by atoms with Crippen LogP contribution in [0.3, 0.4) is 0 Å². The first-order valence-electron chi connectivity index (χ1n) is 7.86. The number of rotatable bonds is 7. The second kappa shape index (κ2) is 8.25. The van der Waals surface area contributed by atoms with Crippen LogP contribution in [0.25, 0.3) is 0 Å². The summed E-state index contributed by atoms with van der Waals surface area (Å²) in [7, 11) is -3.54. The zero-order valence-corrected chi connectivity index (χ0v) is 17.0. The maximum absolute atomic E-state index is 12.2. The first-order valence-corrected chi connectivity index (χ1v) is 10.7. The molecule has 0 saturated heterocycles. The van der Waals surface area contributed by atoms with Gasteiger partial charge in [-0.1, -0.05) is 32.9 Å². The highest BCUT2D eigenvalue weighted by Gasteiger charge is 2.22. The smallest absolute Gasteiger partial charge is 0.240 e. The number of carbonyl (C=O) groups excluding carboxylic acids is 1. The van der Waals surface area contributed by atoms with E-state index in [1.807, 2.05) is 19.9 Å². The predicted octanol–water partition coefficient (Wildman–Crippen LogP) is 2.72. The first kappa shape index (κ1) is 20.8. The van der Waals surface area contributed by atoms with E-state index in [1.54, 1.807) is 23.9 Å².